The number of sulfonamides is 1. The van der Waals surface area contributed by atoms with Crippen LogP contribution in [0.4, 0.5) is 5.69 Å². The van der Waals surface area contributed by atoms with Crippen LogP contribution in [0.5, 0.6) is 0 Å². The molecule has 140 valence electrons. The fourth-order valence-corrected chi connectivity index (χ4v) is 3.45. The molecule has 2 aromatic carbocycles. The molecule has 2 rings (SSSR count). The molecule has 26 heavy (non-hydrogen) atoms. The number of anilines is 1. The first kappa shape index (κ1) is 19.9. The van der Waals surface area contributed by atoms with E-state index in [0.29, 0.717) is 5.69 Å². The fraction of sp³-hybridized carbons (Fsp3) is 0.278. The molecule has 0 saturated heterocycles. The van der Waals surface area contributed by atoms with E-state index in [1.807, 2.05) is 37.3 Å². The van der Waals surface area contributed by atoms with Crippen LogP contribution in [0.15, 0.2) is 53.4 Å². The monoisotopic (exact) mass is 378 g/mol. The molecule has 0 amide bonds. The van der Waals surface area contributed by atoms with Crippen molar-refractivity contribution in [1.29, 1.82) is 0 Å². The maximum atomic E-state index is 12.3. The van der Waals surface area contributed by atoms with Gasteiger partial charge in [0.25, 0.3) is 0 Å². The molecule has 8 heteroatoms. The van der Waals surface area contributed by atoms with Crippen molar-refractivity contribution < 1.29 is 23.1 Å². The summed E-state index contributed by atoms with van der Waals surface area (Å²) in [6.07, 6.45) is 0. The molecule has 0 saturated carbocycles. The van der Waals surface area contributed by atoms with Gasteiger partial charge in [-0.1, -0.05) is 30.3 Å². The number of rotatable bonds is 9. The van der Waals surface area contributed by atoms with Crippen LogP contribution >= 0.6 is 0 Å². The van der Waals surface area contributed by atoms with Crippen LogP contribution in [0, 0.1) is 0 Å². The molecule has 0 aliphatic carbocycles. The van der Waals surface area contributed by atoms with Crippen molar-refractivity contribution in [3.8, 4) is 0 Å². The largest absolute Gasteiger partial charge is 0.478 e. The van der Waals surface area contributed by atoms with Crippen molar-refractivity contribution in [3.05, 3.63) is 59.7 Å². The number of aromatic carboxylic acids is 1. The van der Waals surface area contributed by atoms with Gasteiger partial charge in [0.15, 0.2) is 0 Å². The van der Waals surface area contributed by atoms with Crippen molar-refractivity contribution in [3.63, 3.8) is 0 Å². The molecular weight excluding hydrogens is 356 g/mol. The van der Waals surface area contributed by atoms with Crippen LogP contribution < -0.4 is 10.0 Å². The van der Waals surface area contributed by atoms with Crippen LogP contribution in [-0.2, 0) is 14.8 Å². The number of carbonyl (C=O) groups is 1. The summed E-state index contributed by atoms with van der Waals surface area (Å²) in [5, 5.41) is 12.6. The van der Waals surface area contributed by atoms with Gasteiger partial charge in [-0.25, -0.2) is 17.9 Å². The smallest absolute Gasteiger partial charge is 0.337 e. The minimum absolute atomic E-state index is 0.103. The highest BCUT2D eigenvalue weighted by Crippen LogP contribution is 2.25. The molecule has 3 N–H and O–H groups in total. The second-order valence-corrected chi connectivity index (χ2v) is 7.45. The third kappa shape index (κ3) is 5.04. The Labute approximate surface area is 153 Å². The van der Waals surface area contributed by atoms with E-state index >= 15 is 0 Å². The minimum Gasteiger partial charge on any atom is -0.478 e. The quantitative estimate of drug-likeness (QED) is 0.579. The lowest BCUT2D eigenvalue weighted by Gasteiger charge is -2.18. The summed E-state index contributed by atoms with van der Waals surface area (Å²) in [6.45, 7) is 2.23. The maximum absolute atomic E-state index is 12.3. The first-order chi connectivity index (χ1) is 12.3. The van der Waals surface area contributed by atoms with E-state index in [0.717, 1.165) is 11.6 Å². The lowest BCUT2D eigenvalue weighted by atomic mass is 10.1. The van der Waals surface area contributed by atoms with Crippen molar-refractivity contribution in [2.45, 2.75) is 17.9 Å². The molecule has 0 heterocycles. The summed E-state index contributed by atoms with van der Waals surface area (Å²) in [5.41, 5.74) is 1.23. The Kier molecular flexibility index (Phi) is 6.73. The van der Waals surface area contributed by atoms with Crippen molar-refractivity contribution in [2.75, 3.05) is 25.6 Å². The second-order valence-electron chi connectivity index (χ2n) is 5.68. The van der Waals surface area contributed by atoms with Gasteiger partial charge < -0.3 is 15.2 Å². The lowest BCUT2D eigenvalue weighted by Crippen LogP contribution is -2.27. The Balaban J connectivity index is 2.27. The molecule has 0 aliphatic heterocycles. The molecular formula is C18H22N2O5S. The number of benzene rings is 2. The predicted octanol–water partition coefficient (Wildman–Crippen LogP) is 2.48. The van der Waals surface area contributed by atoms with Crippen LogP contribution in [-0.4, -0.2) is 39.8 Å². The van der Waals surface area contributed by atoms with Crippen LogP contribution in [0.2, 0.25) is 0 Å². The van der Waals surface area contributed by atoms with Gasteiger partial charge >= 0.3 is 5.97 Å². The summed E-state index contributed by atoms with van der Waals surface area (Å²) in [4.78, 5) is 11.5. The number of methoxy groups -OCH3 is 1. The molecule has 1 atom stereocenters. The summed E-state index contributed by atoms with van der Waals surface area (Å²) in [7, 11) is -2.34. The second kappa shape index (κ2) is 8.79. The normalized spacial score (nSPS) is 12.5. The molecule has 2 aromatic rings. The Morgan fingerprint density at radius 3 is 2.50 bits per heavy atom. The van der Waals surface area contributed by atoms with Crippen LogP contribution in [0.25, 0.3) is 0 Å². The zero-order valence-corrected chi connectivity index (χ0v) is 15.4. The van der Waals surface area contributed by atoms with Crippen LogP contribution in [0.1, 0.15) is 28.9 Å². The van der Waals surface area contributed by atoms with Gasteiger partial charge in [0.1, 0.15) is 0 Å². The molecule has 7 nitrogen and oxygen atoms in total. The summed E-state index contributed by atoms with van der Waals surface area (Å²) in [6, 6.07) is 13.4. The topological polar surface area (TPSA) is 105 Å². The summed E-state index contributed by atoms with van der Waals surface area (Å²) < 4.78 is 31.7. The highest BCUT2D eigenvalue weighted by Gasteiger charge is 2.19. The number of hydrogen-bond acceptors (Lipinski definition) is 5. The third-order valence-electron chi connectivity index (χ3n) is 3.80. The Morgan fingerprint density at radius 1 is 1.19 bits per heavy atom. The average molecular weight is 378 g/mol. The van der Waals surface area contributed by atoms with Gasteiger partial charge in [-0.15, -0.1) is 0 Å². The van der Waals surface area contributed by atoms with Gasteiger partial charge in [-0.05, 0) is 30.7 Å². The zero-order chi connectivity index (χ0) is 19.2. The number of carboxylic acid groups (broad SMARTS) is 1. The van der Waals surface area contributed by atoms with Crippen molar-refractivity contribution >= 4 is 21.7 Å². The standard InChI is InChI=1S/C18H22N2O5S/c1-13(14-6-4-3-5-7-14)20-17-9-8-15(12-16(17)18(21)22)26(23,24)19-10-11-25-2/h3-9,12-13,19-20H,10-11H2,1-2H3,(H,21,22)/t13-/m1/s1. The highest BCUT2D eigenvalue weighted by atomic mass is 32.2. The van der Waals surface area contributed by atoms with E-state index < -0.39 is 16.0 Å². The molecule has 0 spiro atoms. The van der Waals surface area contributed by atoms with E-state index in [2.05, 4.69) is 10.0 Å². The van der Waals surface area contributed by atoms with E-state index in [1.54, 1.807) is 0 Å². The molecule has 0 aromatic heterocycles. The maximum Gasteiger partial charge on any atom is 0.337 e. The van der Waals surface area contributed by atoms with Gasteiger partial charge in [0.2, 0.25) is 10.0 Å². The Bertz CT molecular complexity index is 853. The summed E-state index contributed by atoms with van der Waals surface area (Å²) >= 11 is 0. The van der Waals surface area contributed by atoms with Crippen molar-refractivity contribution in [1.82, 2.24) is 4.72 Å². The SMILES string of the molecule is COCCNS(=O)(=O)c1ccc(N[C@H](C)c2ccccc2)c(C(=O)O)c1. The van der Waals surface area contributed by atoms with Gasteiger partial charge in [0.05, 0.1) is 17.1 Å². The van der Waals surface area contributed by atoms with E-state index in [4.69, 9.17) is 4.74 Å². The third-order valence-corrected chi connectivity index (χ3v) is 5.26. The van der Waals surface area contributed by atoms with Gasteiger partial charge in [0, 0.05) is 25.4 Å². The van der Waals surface area contributed by atoms with Crippen LogP contribution in [0.3, 0.4) is 0 Å². The molecule has 0 bridgehead atoms. The fourth-order valence-electron chi connectivity index (χ4n) is 2.41. The summed E-state index contributed by atoms with van der Waals surface area (Å²) in [5.74, 6) is -1.21. The molecule has 0 radical (unpaired) electrons. The molecule has 0 aliphatic rings. The van der Waals surface area contributed by atoms with E-state index in [-0.39, 0.29) is 29.7 Å². The first-order valence-corrected chi connectivity index (χ1v) is 9.51. The Morgan fingerprint density at radius 2 is 1.88 bits per heavy atom. The van der Waals surface area contributed by atoms with Gasteiger partial charge in [-0.2, -0.15) is 0 Å². The highest BCUT2D eigenvalue weighted by molar-refractivity contribution is 7.89. The predicted molar refractivity (Wildman–Crippen MR) is 98.9 cm³/mol. The zero-order valence-electron chi connectivity index (χ0n) is 14.6. The number of hydrogen-bond donors (Lipinski definition) is 3. The Hall–Kier alpha value is -2.42. The molecule has 0 fully saturated rings. The van der Waals surface area contributed by atoms with E-state index in [9.17, 15) is 18.3 Å². The number of nitrogens with one attached hydrogen (secondary N) is 2. The minimum atomic E-state index is -3.81. The number of ether oxygens (including phenoxy) is 1. The lowest BCUT2D eigenvalue weighted by molar-refractivity contribution is 0.0697. The van der Waals surface area contributed by atoms with Gasteiger partial charge in [-0.3, -0.25) is 0 Å². The average Bonchev–Trinajstić information content (AvgIpc) is 2.62. The van der Waals surface area contributed by atoms with E-state index in [1.165, 1.54) is 19.2 Å². The molecule has 0 unspecified atom stereocenters. The number of carboxylic acids is 1. The first-order valence-electron chi connectivity index (χ1n) is 8.02. The van der Waals surface area contributed by atoms with Crippen molar-refractivity contribution in [2.24, 2.45) is 0 Å².